The van der Waals surface area contributed by atoms with Crippen molar-refractivity contribution >= 4 is 15.9 Å². The van der Waals surface area contributed by atoms with Crippen molar-refractivity contribution in [2.45, 2.75) is 17.7 Å². The number of hydrogen-bond donors (Lipinski definition) is 0. The molecule has 150 valence electrons. The minimum atomic E-state index is -3.90. The number of rotatable bonds is 6. The van der Waals surface area contributed by atoms with E-state index in [0.29, 0.717) is 25.9 Å². The molecule has 0 unspecified atom stereocenters. The second kappa shape index (κ2) is 8.70. The van der Waals surface area contributed by atoms with Crippen molar-refractivity contribution in [2.75, 3.05) is 33.3 Å². The Morgan fingerprint density at radius 2 is 1.68 bits per heavy atom. The Kier molecular flexibility index (Phi) is 6.31. The molecule has 0 bridgehead atoms. The van der Waals surface area contributed by atoms with Gasteiger partial charge in [0.2, 0.25) is 15.9 Å². The second-order valence-electron chi connectivity index (χ2n) is 6.56. The first-order chi connectivity index (χ1) is 13.4. The van der Waals surface area contributed by atoms with Gasteiger partial charge in [0, 0.05) is 32.6 Å². The van der Waals surface area contributed by atoms with Gasteiger partial charge in [0.25, 0.3) is 0 Å². The molecule has 2 aromatic rings. The van der Waals surface area contributed by atoms with E-state index in [-0.39, 0.29) is 23.9 Å². The van der Waals surface area contributed by atoms with Gasteiger partial charge in [-0.1, -0.05) is 24.3 Å². The van der Waals surface area contributed by atoms with E-state index in [1.165, 1.54) is 22.5 Å². The zero-order chi connectivity index (χ0) is 20.1. The maximum absolute atomic E-state index is 13.9. The van der Waals surface area contributed by atoms with Crippen LogP contribution in [-0.2, 0) is 21.2 Å². The van der Waals surface area contributed by atoms with Crippen LogP contribution in [0.4, 0.5) is 4.39 Å². The first-order valence-electron chi connectivity index (χ1n) is 9.07. The van der Waals surface area contributed by atoms with Crippen LogP contribution >= 0.6 is 0 Å². The van der Waals surface area contributed by atoms with Gasteiger partial charge in [0.05, 0.1) is 7.11 Å². The maximum Gasteiger partial charge on any atom is 0.246 e. The Morgan fingerprint density at radius 3 is 2.29 bits per heavy atom. The summed E-state index contributed by atoms with van der Waals surface area (Å²) in [5.41, 5.74) is 1.04. The van der Waals surface area contributed by atoms with Crippen LogP contribution in [0.5, 0.6) is 5.75 Å². The summed E-state index contributed by atoms with van der Waals surface area (Å²) in [6.45, 7) is 0.917. The number of aryl methyl sites for hydroxylation is 1. The molecule has 6 nitrogen and oxygen atoms in total. The average molecular weight is 406 g/mol. The van der Waals surface area contributed by atoms with E-state index in [2.05, 4.69) is 0 Å². The standard InChI is InChI=1S/C20H23FN2O4S/c1-27-17-9-6-16(7-10-17)8-11-20(24)22-12-14-23(15-13-22)28(25,26)19-5-3-2-4-18(19)21/h2-7,9-10H,8,11-15H2,1H3. The molecule has 2 aromatic carbocycles. The van der Waals surface area contributed by atoms with E-state index >= 15 is 0 Å². The summed E-state index contributed by atoms with van der Waals surface area (Å²) in [6, 6.07) is 12.9. The van der Waals surface area contributed by atoms with Gasteiger partial charge in [0.1, 0.15) is 16.5 Å². The van der Waals surface area contributed by atoms with Gasteiger partial charge in [-0.25, -0.2) is 12.8 Å². The molecule has 0 N–H and O–H groups in total. The van der Waals surface area contributed by atoms with Crippen LogP contribution in [0.25, 0.3) is 0 Å². The Bertz CT molecular complexity index is 923. The smallest absolute Gasteiger partial charge is 0.246 e. The molecule has 0 radical (unpaired) electrons. The lowest BCUT2D eigenvalue weighted by Crippen LogP contribution is -2.50. The van der Waals surface area contributed by atoms with Gasteiger partial charge < -0.3 is 9.64 Å². The summed E-state index contributed by atoms with van der Waals surface area (Å²) >= 11 is 0. The lowest BCUT2D eigenvalue weighted by molar-refractivity contribution is -0.132. The van der Waals surface area contributed by atoms with Crippen LogP contribution < -0.4 is 4.74 Å². The molecule has 1 amide bonds. The zero-order valence-electron chi connectivity index (χ0n) is 15.7. The normalized spacial score (nSPS) is 15.4. The van der Waals surface area contributed by atoms with Crippen molar-refractivity contribution in [2.24, 2.45) is 0 Å². The van der Waals surface area contributed by atoms with E-state index in [0.717, 1.165) is 17.4 Å². The molecular weight excluding hydrogens is 383 g/mol. The lowest BCUT2D eigenvalue weighted by atomic mass is 10.1. The largest absolute Gasteiger partial charge is 0.497 e. The van der Waals surface area contributed by atoms with Crippen LogP contribution in [0, 0.1) is 5.82 Å². The number of ether oxygens (including phenoxy) is 1. The first-order valence-corrected chi connectivity index (χ1v) is 10.5. The molecule has 1 aliphatic rings. The molecule has 1 heterocycles. The quantitative estimate of drug-likeness (QED) is 0.738. The Labute approximate surface area is 164 Å². The van der Waals surface area contributed by atoms with Gasteiger partial charge in [0.15, 0.2) is 0 Å². The van der Waals surface area contributed by atoms with Crippen molar-refractivity contribution in [1.82, 2.24) is 9.21 Å². The van der Waals surface area contributed by atoms with Crippen molar-refractivity contribution in [3.8, 4) is 5.75 Å². The van der Waals surface area contributed by atoms with E-state index in [1.807, 2.05) is 24.3 Å². The lowest BCUT2D eigenvalue weighted by Gasteiger charge is -2.34. The molecule has 0 aliphatic carbocycles. The Balaban J connectivity index is 1.54. The monoisotopic (exact) mass is 406 g/mol. The highest BCUT2D eigenvalue weighted by molar-refractivity contribution is 7.89. The molecule has 8 heteroatoms. The third-order valence-electron chi connectivity index (χ3n) is 4.83. The number of halogens is 1. The number of piperazine rings is 1. The van der Waals surface area contributed by atoms with Crippen LogP contribution in [0.15, 0.2) is 53.4 Å². The predicted molar refractivity (Wildman–Crippen MR) is 103 cm³/mol. The first kappa shape index (κ1) is 20.3. The van der Waals surface area contributed by atoms with E-state index in [9.17, 15) is 17.6 Å². The average Bonchev–Trinajstić information content (AvgIpc) is 2.72. The fraction of sp³-hybridized carbons (Fsp3) is 0.350. The van der Waals surface area contributed by atoms with Crippen LogP contribution in [0.3, 0.4) is 0 Å². The number of methoxy groups -OCH3 is 1. The molecule has 1 saturated heterocycles. The zero-order valence-corrected chi connectivity index (χ0v) is 16.5. The Hall–Kier alpha value is -2.45. The van der Waals surface area contributed by atoms with Crippen LogP contribution in [0.2, 0.25) is 0 Å². The predicted octanol–water partition coefficient (Wildman–Crippen LogP) is 2.30. The number of sulfonamides is 1. The van der Waals surface area contributed by atoms with Gasteiger partial charge in [-0.3, -0.25) is 4.79 Å². The molecule has 0 spiro atoms. The van der Waals surface area contributed by atoms with Crippen molar-refractivity contribution in [1.29, 1.82) is 0 Å². The molecule has 3 rings (SSSR count). The number of carbonyl (C=O) groups is 1. The molecule has 1 aliphatic heterocycles. The fourth-order valence-corrected chi connectivity index (χ4v) is 4.66. The third-order valence-corrected chi connectivity index (χ3v) is 6.76. The molecular formula is C20H23FN2O4S. The summed E-state index contributed by atoms with van der Waals surface area (Å²) in [5.74, 6) is -0.0125. The minimum Gasteiger partial charge on any atom is -0.497 e. The van der Waals surface area contributed by atoms with E-state index in [4.69, 9.17) is 4.74 Å². The topological polar surface area (TPSA) is 66.9 Å². The maximum atomic E-state index is 13.9. The summed E-state index contributed by atoms with van der Waals surface area (Å²) in [4.78, 5) is 13.8. The molecule has 1 fully saturated rings. The number of benzene rings is 2. The van der Waals surface area contributed by atoms with E-state index < -0.39 is 15.8 Å². The summed E-state index contributed by atoms with van der Waals surface area (Å²) in [6.07, 6.45) is 0.961. The summed E-state index contributed by atoms with van der Waals surface area (Å²) in [7, 11) is -2.29. The molecule has 0 saturated carbocycles. The molecule has 28 heavy (non-hydrogen) atoms. The van der Waals surface area contributed by atoms with Gasteiger partial charge in [-0.15, -0.1) is 0 Å². The molecule has 0 aromatic heterocycles. The fourth-order valence-electron chi connectivity index (χ4n) is 3.17. The number of carbonyl (C=O) groups excluding carboxylic acids is 1. The van der Waals surface area contributed by atoms with E-state index in [1.54, 1.807) is 12.0 Å². The minimum absolute atomic E-state index is 0.0150. The number of hydrogen-bond acceptors (Lipinski definition) is 4. The Morgan fingerprint density at radius 1 is 1.04 bits per heavy atom. The number of nitrogens with zero attached hydrogens (tertiary/aromatic N) is 2. The SMILES string of the molecule is COc1ccc(CCC(=O)N2CCN(S(=O)(=O)c3ccccc3F)CC2)cc1. The van der Waals surface area contributed by atoms with Crippen LogP contribution in [-0.4, -0.2) is 56.8 Å². The van der Waals surface area contributed by atoms with Gasteiger partial charge in [-0.05, 0) is 36.2 Å². The third kappa shape index (κ3) is 4.51. The summed E-state index contributed by atoms with van der Waals surface area (Å²) in [5, 5.41) is 0. The second-order valence-corrected chi connectivity index (χ2v) is 8.47. The molecule has 0 atom stereocenters. The summed E-state index contributed by atoms with van der Waals surface area (Å²) < 4.78 is 45.5. The highest BCUT2D eigenvalue weighted by atomic mass is 32.2. The van der Waals surface area contributed by atoms with Crippen molar-refractivity contribution in [3.63, 3.8) is 0 Å². The van der Waals surface area contributed by atoms with Crippen LogP contribution in [0.1, 0.15) is 12.0 Å². The van der Waals surface area contributed by atoms with Gasteiger partial charge >= 0.3 is 0 Å². The highest BCUT2D eigenvalue weighted by Crippen LogP contribution is 2.21. The van der Waals surface area contributed by atoms with Crippen molar-refractivity contribution < 1.29 is 22.3 Å². The van der Waals surface area contributed by atoms with Gasteiger partial charge in [-0.2, -0.15) is 4.31 Å². The van der Waals surface area contributed by atoms with Crippen molar-refractivity contribution in [3.05, 3.63) is 59.9 Å². The highest BCUT2D eigenvalue weighted by Gasteiger charge is 2.31. The number of amides is 1.